The maximum Gasteiger partial charge on any atom is 0.433 e. The van der Waals surface area contributed by atoms with Crippen LogP contribution in [0, 0.1) is 5.92 Å². The molecular weight excluding hydrogens is 767 g/mol. The van der Waals surface area contributed by atoms with Gasteiger partial charge < -0.3 is 30.1 Å². The zero-order chi connectivity index (χ0) is 40.8. The lowest BCUT2D eigenvalue weighted by Gasteiger charge is -2.53. The molecule has 3 aromatic heterocycles. The molecule has 1 aromatic carbocycles. The standard InChI is InChI=1S/C39H45F4N9O4S/c1-6-35(53)48-29-17-30(52-19-27(23(52)4)32-21-50(13-14-57(32,54)55)25-8-11-44-33(16-25)39(41,42)43)26-18-46-38(49-37(26)36(29)22(2)3)47-24-7-10-45-34(15-24)51-12-9-31(56-5)28(40)20-51/h6-8,10-11,15-18,22-23,27-28,31-32H,1,9,12-14,19-21H2,2-5H3,(H,48,53)(H,45,46,47,49)/t23?,27?,28-,31+,32?/m0/s1. The third-order valence-corrected chi connectivity index (χ3v) is 13.4. The van der Waals surface area contributed by atoms with Crippen molar-refractivity contribution in [2.75, 3.05) is 70.9 Å². The Labute approximate surface area is 328 Å². The largest absolute Gasteiger partial charge is 0.433 e. The zero-order valence-corrected chi connectivity index (χ0v) is 32.8. The van der Waals surface area contributed by atoms with Crippen LogP contribution < -0.4 is 25.3 Å². The number of methoxy groups -OCH3 is 1. The number of alkyl halides is 4. The zero-order valence-electron chi connectivity index (χ0n) is 32.0. The molecule has 3 fully saturated rings. The van der Waals surface area contributed by atoms with Crippen LogP contribution >= 0.6 is 0 Å². The van der Waals surface area contributed by atoms with Gasteiger partial charge in [0, 0.05) is 97.9 Å². The molecule has 3 aliphatic rings. The van der Waals surface area contributed by atoms with E-state index in [0.717, 1.165) is 17.8 Å². The van der Waals surface area contributed by atoms with Gasteiger partial charge in [-0.15, -0.1) is 0 Å². The third kappa shape index (κ3) is 8.06. The second-order valence-corrected chi connectivity index (χ2v) is 17.4. The normalized spacial score (nSPS) is 23.7. The molecule has 0 bridgehead atoms. The summed E-state index contributed by atoms with van der Waals surface area (Å²) in [6, 6.07) is 7.51. The van der Waals surface area contributed by atoms with Crippen LogP contribution in [0.3, 0.4) is 0 Å². The average Bonchev–Trinajstić information content (AvgIpc) is 3.17. The summed E-state index contributed by atoms with van der Waals surface area (Å²) in [5.74, 6) is -0.200. The van der Waals surface area contributed by atoms with Crippen molar-refractivity contribution in [2.24, 2.45) is 5.92 Å². The van der Waals surface area contributed by atoms with E-state index in [1.165, 1.54) is 19.3 Å². The average molecular weight is 812 g/mol. The van der Waals surface area contributed by atoms with E-state index in [1.807, 2.05) is 36.6 Å². The van der Waals surface area contributed by atoms with Gasteiger partial charge in [-0.1, -0.05) is 20.4 Å². The van der Waals surface area contributed by atoms with Gasteiger partial charge in [0.15, 0.2) is 9.84 Å². The number of fused-ring (bicyclic) bond motifs is 1. The first-order chi connectivity index (χ1) is 27.1. The van der Waals surface area contributed by atoms with E-state index in [-0.39, 0.29) is 54.9 Å². The molecule has 0 aliphatic carbocycles. The lowest BCUT2D eigenvalue weighted by molar-refractivity contribution is -0.141. The van der Waals surface area contributed by atoms with Crippen LogP contribution in [0.4, 0.5) is 52.1 Å². The van der Waals surface area contributed by atoms with Crippen LogP contribution in [0.2, 0.25) is 0 Å². The number of hydrogen-bond donors (Lipinski definition) is 2. The number of benzene rings is 1. The van der Waals surface area contributed by atoms with Crippen LogP contribution in [0.1, 0.15) is 44.4 Å². The predicted molar refractivity (Wildman–Crippen MR) is 212 cm³/mol. The van der Waals surface area contributed by atoms with Crippen LogP contribution in [0.25, 0.3) is 10.9 Å². The fraction of sp³-hybridized carbons (Fsp3) is 0.462. The van der Waals surface area contributed by atoms with Crippen molar-refractivity contribution in [3.63, 3.8) is 0 Å². The van der Waals surface area contributed by atoms with Crippen molar-refractivity contribution in [2.45, 2.75) is 62.9 Å². The van der Waals surface area contributed by atoms with E-state index in [4.69, 9.17) is 9.72 Å². The van der Waals surface area contributed by atoms with E-state index in [2.05, 4.69) is 32.2 Å². The molecular formula is C39H45F4N9O4S. The fourth-order valence-corrected chi connectivity index (χ4v) is 10.2. The summed E-state index contributed by atoms with van der Waals surface area (Å²) in [5, 5.41) is 6.04. The Balaban J connectivity index is 1.19. The minimum atomic E-state index is -4.63. The number of nitrogens with zero attached hydrogens (tertiary/aromatic N) is 7. The van der Waals surface area contributed by atoms with E-state index in [9.17, 15) is 30.8 Å². The summed E-state index contributed by atoms with van der Waals surface area (Å²) in [6.45, 7) is 10.7. The molecule has 0 saturated carbocycles. The maximum atomic E-state index is 14.7. The number of carbonyl (C=O) groups excluding carboxylic acids is 1. The van der Waals surface area contributed by atoms with E-state index >= 15 is 0 Å². The van der Waals surface area contributed by atoms with Crippen molar-refractivity contribution >= 4 is 61.2 Å². The van der Waals surface area contributed by atoms with Crippen LogP contribution in [-0.4, -0.2) is 103 Å². The van der Waals surface area contributed by atoms with Gasteiger partial charge in [0.05, 0.1) is 34.9 Å². The molecule has 3 unspecified atom stereocenters. The van der Waals surface area contributed by atoms with Crippen LogP contribution in [0.5, 0.6) is 0 Å². The summed E-state index contributed by atoms with van der Waals surface area (Å²) in [5.41, 5.74) is 2.39. The molecule has 3 saturated heterocycles. The van der Waals surface area contributed by atoms with Crippen molar-refractivity contribution < 1.29 is 35.5 Å². The molecule has 0 spiro atoms. The summed E-state index contributed by atoms with van der Waals surface area (Å²) in [7, 11) is -2.07. The highest BCUT2D eigenvalue weighted by Crippen LogP contribution is 2.44. The number of carbonyl (C=O) groups is 1. The fourth-order valence-electron chi connectivity index (χ4n) is 8.12. The van der Waals surface area contributed by atoms with Gasteiger partial charge >= 0.3 is 6.18 Å². The number of nitrogens with one attached hydrogen (secondary N) is 2. The molecule has 4 aromatic rings. The summed E-state index contributed by atoms with van der Waals surface area (Å²) < 4.78 is 87.5. The first-order valence-corrected chi connectivity index (χ1v) is 20.5. The molecule has 0 radical (unpaired) electrons. The number of aromatic nitrogens is 4. The smallest absolute Gasteiger partial charge is 0.378 e. The van der Waals surface area contributed by atoms with E-state index in [1.54, 1.807) is 29.4 Å². The molecule has 13 nitrogen and oxygen atoms in total. The number of rotatable bonds is 10. The van der Waals surface area contributed by atoms with Crippen molar-refractivity contribution in [1.29, 1.82) is 0 Å². The number of sulfone groups is 1. The number of amides is 1. The number of pyridine rings is 2. The monoisotopic (exact) mass is 811 g/mol. The highest BCUT2D eigenvalue weighted by Gasteiger charge is 2.49. The highest BCUT2D eigenvalue weighted by atomic mass is 32.2. The molecule has 1 amide bonds. The summed E-state index contributed by atoms with van der Waals surface area (Å²) >= 11 is 0. The maximum absolute atomic E-state index is 14.7. The van der Waals surface area contributed by atoms with Gasteiger partial charge in [-0.3, -0.25) is 9.78 Å². The topological polar surface area (TPSA) is 146 Å². The minimum absolute atomic E-state index is 0.0365. The molecule has 6 heterocycles. The van der Waals surface area contributed by atoms with Gasteiger partial charge in [0.1, 0.15) is 17.7 Å². The van der Waals surface area contributed by atoms with Gasteiger partial charge in [0.25, 0.3) is 0 Å². The third-order valence-electron chi connectivity index (χ3n) is 11.2. The number of hydrogen-bond acceptors (Lipinski definition) is 12. The first kappa shape index (κ1) is 40.1. The molecule has 2 N–H and O–H groups in total. The summed E-state index contributed by atoms with van der Waals surface area (Å²) in [6.07, 6.45) is -0.140. The van der Waals surface area contributed by atoms with Crippen LogP contribution in [-0.2, 0) is 25.5 Å². The van der Waals surface area contributed by atoms with Crippen LogP contribution in [0.15, 0.2) is 61.6 Å². The number of anilines is 6. The highest BCUT2D eigenvalue weighted by molar-refractivity contribution is 7.92. The van der Waals surface area contributed by atoms with E-state index in [0.29, 0.717) is 53.3 Å². The molecule has 304 valence electrons. The quantitative estimate of drug-likeness (QED) is 0.141. The Bertz CT molecular complexity index is 2280. The van der Waals surface area contributed by atoms with E-state index < -0.39 is 45.1 Å². The van der Waals surface area contributed by atoms with Gasteiger partial charge in [-0.25, -0.2) is 27.8 Å². The van der Waals surface area contributed by atoms with Gasteiger partial charge in [-0.2, -0.15) is 13.2 Å². The van der Waals surface area contributed by atoms with Crippen molar-refractivity contribution in [1.82, 2.24) is 19.9 Å². The second kappa shape index (κ2) is 15.7. The molecule has 5 atom stereocenters. The Kier molecular flexibility index (Phi) is 11.0. The Hall–Kier alpha value is -5.10. The number of piperidine rings is 1. The SMILES string of the molecule is C=CC(=O)Nc1cc(N2CC(C3CN(c4ccnc(C(F)(F)F)c4)CCS3(=O)=O)C2C)c2cnc(Nc3ccnc(N4CC[C@@H](OC)[C@@H](F)C4)c3)nc2c1C(C)C. The Morgan fingerprint density at radius 2 is 1.82 bits per heavy atom. The lowest BCUT2D eigenvalue weighted by Crippen LogP contribution is -2.64. The second-order valence-electron chi connectivity index (χ2n) is 15.0. The molecule has 18 heteroatoms. The van der Waals surface area contributed by atoms with Gasteiger partial charge in [-0.05, 0) is 49.6 Å². The van der Waals surface area contributed by atoms with Gasteiger partial charge in [0.2, 0.25) is 11.9 Å². The molecule has 3 aliphatic heterocycles. The molecule has 57 heavy (non-hydrogen) atoms. The minimum Gasteiger partial charge on any atom is -0.378 e. The van der Waals surface area contributed by atoms with Crippen molar-refractivity contribution in [3.8, 4) is 0 Å². The van der Waals surface area contributed by atoms with Crippen molar-refractivity contribution in [3.05, 3.63) is 72.8 Å². The summed E-state index contributed by atoms with van der Waals surface area (Å²) in [4.78, 5) is 35.9. The first-order valence-electron chi connectivity index (χ1n) is 18.8. The molecule has 7 rings (SSSR count). The predicted octanol–water partition coefficient (Wildman–Crippen LogP) is 6.12. The number of halogens is 4. The number of ether oxygens (including phenoxy) is 1. The lowest BCUT2D eigenvalue weighted by atomic mass is 9.84. The Morgan fingerprint density at radius 3 is 2.51 bits per heavy atom. The Morgan fingerprint density at radius 1 is 1.05 bits per heavy atom.